The van der Waals surface area contributed by atoms with Crippen LogP contribution in [0, 0.1) is 6.92 Å². The Morgan fingerprint density at radius 2 is 1.90 bits per heavy atom. The van der Waals surface area contributed by atoms with Crippen LogP contribution in [0.5, 0.6) is 0 Å². The minimum atomic E-state index is -0.0368. The lowest BCUT2D eigenvalue weighted by Gasteiger charge is -2.05. The molecular weight excluding hydrogens is 378 g/mol. The van der Waals surface area contributed by atoms with Crippen LogP contribution in [0.25, 0.3) is 44.4 Å². The van der Waals surface area contributed by atoms with Crippen LogP contribution in [0.4, 0.5) is 0 Å². The highest BCUT2D eigenvalue weighted by atomic mass is 32.1. The molecule has 0 aliphatic carbocycles. The molecule has 0 fully saturated rings. The number of thiophene rings is 1. The van der Waals surface area contributed by atoms with Crippen molar-refractivity contribution < 1.29 is 0 Å². The molecule has 0 atom stereocenters. The Hall–Kier alpha value is -3.57. The smallest absolute Gasteiger partial charge is 0.263 e. The summed E-state index contributed by atoms with van der Waals surface area (Å²) in [5.74, 6) is 0. The summed E-state index contributed by atoms with van der Waals surface area (Å²) in [4.78, 5) is 22.0. The third kappa shape index (κ3) is 3.15. The molecule has 0 saturated heterocycles. The van der Waals surface area contributed by atoms with Gasteiger partial charge in [0.15, 0.2) is 0 Å². The van der Waals surface area contributed by atoms with Crippen molar-refractivity contribution in [2.75, 3.05) is 0 Å². The first-order valence-corrected chi connectivity index (χ1v) is 10.2. The average Bonchev–Trinajstić information content (AvgIpc) is 3.19. The lowest BCUT2D eigenvalue weighted by molar-refractivity contribution is 1.09. The Balaban J connectivity index is 1.60. The minimum Gasteiger partial charge on any atom is -0.290 e. The fourth-order valence-corrected chi connectivity index (χ4v) is 4.43. The summed E-state index contributed by atoms with van der Waals surface area (Å²) in [5.41, 5.74) is 4.78. The number of aryl methyl sites for hydroxylation is 1. The van der Waals surface area contributed by atoms with E-state index < -0.39 is 0 Å². The zero-order valence-electron chi connectivity index (χ0n) is 15.7. The van der Waals surface area contributed by atoms with Gasteiger partial charge in [-0.2, -0.15) is 0 Å². The molecule has 0 unspecified atom stereocenters. The summed E-state index contributed by atoms with van der Waals surface area (Å²) in [6.07, 6.45) is 8.99. The summed E-state index contributed by atoms with van der Waals surface area (Å²) in [6.45, 7) is 2.03. The third-order valence-electron chi connectivity index (χ3n) is 4.99. The second-order valence-electron chi connectivity index (χ2n) is 6.85. The number of nitrogens with zero attached hydrogens (tertiary/aromatic N) is 3. The number of pyridine rings is 3. The van der Waals surface area contributed by atoms with Gasteiger partial charge in [-0.15, -0.1) is 11.3 Å². The van der Waals surface area contributed by atoms with Gasteiger partial charge in [-0.3, -0.25) is 14.3 Å². The molecule has 0 amide bonds. The van der Waals surface area contributed by atoms with Crippen LogP contribution >= 0.6 is 11.3 Å². The predicted octanol–water partition coefficient (Wildman–Crippen LogP) is 5.61. The topological polar surface area (TPSA) is 47.8 Å². The van der Waals surface area contributed by atoms with Crippen molar-refractivity contribution in [2.45, 2.75) is 6.92 Å². The number of hydrogen-bond donors (Lipinski definition) is 0. The predicted molar refractivity (Wildman–Crippen MR) is 121 cm³/mol. The second kappa shape index (κ2) is 7.11. The summed E-state index contributed by atoms with van der Waals surface area (Å²) in [7, 11) is 0. The first kappa shape index (κ1) is 17.5. The lowest BCUT2D eigenvalue weighted by Crippen LogP contribution is -2.14. The normalized spacial score (nSPS) is 11.6. The number of benzene rings is 1. The molecule has 0 bridgehead atoms. The zero-order valence-corrected chi connectivity index (χ0v) is 16.6. The van der Waals surface area contributed by atoms with E-state index >= 15 is 0 Å². The summed E-state index contributed by atoms with van der Waals surface area (Å²) in [5, 5.41) is 3.88. The summed E-state index contributed by atoms with van der Waals surface area (Å²) in [6, 6.07) is 16.0. The number of hydrogen-bond acceptors (Lipinski definition) is 4. The molecule has 0 saturated carbocycles. The van der Waals surface area contributed by atoms with Gasteiger partial charge in [0, 0.05) is 45.8 Å². The highest BCUT2D eigenvalue weighted by molar-refractivity contribution is 7.17. The third-order valence-corrected chi connectivity index (χ3v) is 5.94. The minimum absolute atomic E-state index is 0.0368. The maximum Gasteiger partial charge on any atom is 0.263 e. The molecule has 140 valence electrons. The first-order valence-electron chi connectivity index (χ1n) is 9.28. The van der Waals surface area contributed by atoms with E-state index in [0.717, 1.165) is 43.4 Å². The molecule has 4 aromatic heterocycles. The van der Waals surface area contributed by atoms with Gasteiger partial charge in [0.25, 0.3) is 5.56 Å². The van der Waals surface area contributed by atoms with E-state index in [-0.39, 0.29) is 5.56 Å². The molecule has 0 spiro atoms. The number of aromatic nitrogens is 3. The Bertz CT molecular complexity index is 1430. The fraction of sp³-hybridized carbons (Fsp3) is 0.0417. The highest BCUT2D eigenvalue weighted by Gasteiger charge is 2.11. The van der Waals surface area contributed by atoms with Crippen LogP contribution in [0.2, 0.25) is 0 Å². The van der Waals surface area contributed by atoms with Gasteiger partial charge in [0.2, 0.25) is 0 Å². The second-order valence-corrected chi connectivity index (χ2v) is 7.76. The van der Waals surface area contributed by atoms with E-state index in [0.29, 0.717) is 0 Å². The van der Waals surface area contributed by atoms with Crippen molar-refractivity contribution in [2.24, 2.45) is 0 Å². The molecule has 0 N–H and O–H groups in total. The van der Waals surface area contributed by atoms with Crippen LogP contribution in [0.3, 0.4) is 0 Å². The number of fused-ring (bicyclic) bond motifs is 2. The lowest BCUT2D eigenvalue weighted by atomic mass is 10.1. The van der Waals surface area contributed by atoms with Crippen LogP contribution in [-0.4, -0.2) is 14.5 Å². The summed E-state index contributed by atoms with van der Waals surface area (Å²) >= 11 is 1.58. The molecule has 4 nitrogen and oxygen atoms in total. The van der Waals surface area contributed by atoms with Gasteiger partial charge >= 0.3 is 0 Å². The monoisotopic (exact) mass is 395 g/mol. The zero-order chi connectivity index (χ0) is 19.8. The average molecular weight is 395 g/mol. The largest absolute Gasteiger partial charge is 0.290 e. The van der Waals surface area contributed by atoms with Gasteiger partial charge in [-0.25, -0.2) is 4.98 Å². The SMILES string of the molecule is Cc1cc2ccccc2nc1C=Cn1ccc2scc(-c3ccncc3)c2c1=O. The Labute approximate surface area is 171 Å². The van der Waals surface area contributed by atoms with Gasteiger partial charge in [0.1, 0.15) is 0 Å². The van der Waals surface area contributed by atoms with Gasteiger partial charge in [0.05, 0.1) is 16.6 Å². The standard InChI is InChI=1S/C24H17N3OS/c1-16-14-18-4-2-3-5-21(18)26-20(16)8-12-27-13-9-22-23(24(27)28)19(15-29-22)17-6-10-25-11-7-17/h2-15H,1H3. The van der Waals surface area contributed by atoms with Crippen molar-refractivity contribution in [3.63, 3.8) is 0 Å². The Morgan fingerprint density at radius 3 is 2.76 bits per heavy atom. The van der Waals surface area contributed by atoms with Crippen LogP contribution in [0.15, 0.2) is 77.3 Å². The number of rotatable bonds is 3. The van der Waals surface area contributed by atoms with E-state index in [2.05, 4.69) is 17.1 Å². The van der Waals surface area contributed by atoms with Gasteiger partial charge in [-0.05, 0) is 54.5 Å². The molecule has 0 aliphatic heterocycles. The molecule has 5 aromatic rings. The first-order chi connectivity index (χ1) is 14.2. The molecular formula is C24H17N3OS. The quantitative estimate of drug-likeness (QED) is 0.399. The van der Waals surface area contributed by atoms with Crippen molar-refractivity contribution in [3.05, 3.63) is 94.1 Å². The van der Waals surface area contributed by atoms with Crippen molar-refractivity contribution in [1.29, 1.82) is 0 Å². The summed E-state index contributed by atoms with van der Waals surface area (Å²) < 4.78 is 2.60. The van der Waals surface area contributed by atoms with E-state index in [9.17, 15) is 4.79 Å². The number of para-hydroxylation sites is 1. The van der Waals surface area contributed by atoms with Crippen LogP contribution < -0.4 is 5.56 Å². The molecule has 1 aromatic carbocycles. The molecule has 5 rings (SSSR count). The van der Waals surface area contributed by atoms with Gasteiger partial charge in [-0.1, -0.05) is 18.2 Å². The maximum absolute atomic E-state index is 13.2. The van der Waals surface area contributed by atoms with E-state index in [1.165, 1.54) is 0 Å². The van der Waals surface area contributed by atoms with Crippen molar-refractivity contribution >= 4 is 44.6 Å². The Morgan fingerprint density at radius 1 is 1.07 bits per heavy atom. The van der Waals surface area contributed by atoms with Crippen molar-refractivity contribution in [3.8, 4) is 11.1 Å². The van der Waals surface area contributed by atoms with E-state index in [4.69, 9.17) is 4.98 Å². The van der Waals surface area contributed by atoms with Crippen LogP contribution in [0.1, 0.15) is 11.3 Å². The maximum atomic E-state index is 13.2. The Kier molecular flexibility index (Phi) is 4.30. The van der Waals surface area contributed by atoms with Gasteiger partial charge < -0.3 is 0 Å². The molecule has 29 heavy (non-hydrogen) atoms. The van der Waals surface area contributed by atoms with Crippen molar-refractivity contribution in [1.82, 2.24) is 14.5 Å². The van der Waals surface area contributed by atoms with E-state index in [1.807, 2.05) is 61.0 Å². The highest BCUT2D eigenvalue weighted by Crippen LogP contribution is 2.31. The fourth-order valence-electron chi connectivity index (χ4n) is 3.48. The molecule has 0 aliphatic rings. The van der Waals surface area contributed by atoms with E-state index in [1.54, 1.807) is 34.5 Å². The molecule has 5 heteroatoms. The molecule has 4 heterocycles. The van der Waals surface area contributed by atoms with Crippen LogP contribution in [-0.2, 0) is 0 Å². The molecule has 0 radical (unpaired) electrons.